The maximum Gasteiger partial charge on any atom is 0.159 e. The Morgan fingerprint density at radius 2 is 1.69 bits per heavy atom. The molecule has 1 rings (SSSR count). The smallest absolute Gasteiger partial charge is 0.159 e. The Hall–Kier alpha value is -1.18. The number of rotatable bonds is 2. The van der Waals surface area contributed by atoms with E-state index in [-0.39, 0.29) is 0 Å². The van der Waals surface area contributed by atoms with E-state index in [9.17, 15) is 8.78 Å². The van der Waals surface area contributed by atoms with Gasteiger partial charge in [-0.2, -0.15) is 0 Å². The number of hydrogen-bond donors (Lipinski definition) is 0. The lowest BCUT2D eigenvalue weighted by Gasteiger charge is -2.04. The van der Waals surface area contributed by atoms with Gasteiger partial charge < -0.3 is 0 Å². The predicted octanol–water partition coefficient (Wildman–Crippen LogP) is 5.05. The molecule has 0 spiro atoms. The van der Waals surface area contributed by atoms with Crippen LogP contribution in [0.1, 0.15) is 40.2 Å². The van der Waals surface area contributed by atoms with Crippen molar-refractivity contribution in [2.45, 2.75) is 34.6 Å². The van der Waals surface area contributed by atoms with E-state index < -0.39 is 11.6 Å². The van der Waals surface area contributed by atoms with Crippen molar-refractivity contribution in [1.29, 1.82) is 0 Å². The van der Waals surface area contributed by atoms with Gasteiger partial charge in [-0.25, -0.2) is 8.78 Å². The molecule has 0 radical (unpaired) electrons. The van der Waals surface area contributed by atoms with E-state index in [0.29, 0.717) is 5.92 Å². The second-order valence-corrected chi connectivity index (χ2v) is 3.72. The van der Waals surface area contributed by atoms with E-state index in [4.69, 9.17) is 0 Å². The van der Waals surface area contributed by atoms with Crippen molar-refractivity contribution in [3.05, 3.63) is 41.5 Å². The molecule has 0 aliphatic carbocycles. The van der Waals surface area contributed by atoms with Crippen molar-refractivity contribution in [3.63, 3.8) is 0 Å². The van der Waals surface area contributed by atoms with Gasteiger partial charge >= 0.3 is 0 Å². The molecule has 0 aliphatic heterocycles. The summed E-state index contributed by atoms with van der Waals surface area (Å²) in [6, 6.07) is 3.97. The lowest BCUT2D eigenvalue weighted by atomic mass is 10.0. The van der Waals surface area contributed by atoms with Gasteiger partial charge in [-0.3, -0.25) is 0 Å². The normalized spacial score (nSPS) is 11.1. The third-order valence-electron chi connectivity index (χ3n) is 1.96. The molecule has 16 heavy (non-hydrogen) atoms. The topological polar surface area (TPSA) is 0 Å². The van der Waals surface area contributed by atoms with E-state index in [2.05, 4.69) is 0 Å². The number of halogens is 2. The van der Waals surface area contributed by atoms with Crippen molar-refractivity contribution in [2.75, 3.05) is 0 Å². The Labute approximate surface area is 97.0 Å². The van der Waals surface area contributed by atoms with Crippen LogP contribution in [-0.2, 0) is 0 Å². The van der Waals surface area contributed by atoms with Crippen LogP contribution < -0.4 is 0 Å². The van der Waals surface area contributed by atoms with Gasteiger partial charge in [0, 0.05) is 0 Å². The highest BCUT2D eigenvalue weighted by molar-refractivity contribution is 5.63. The summed E-state index contributed by atoms with van der Waals surface area (Å²) < 4.78 is 25.5. The first-order valence-electron chi connectivity index (χ1n) is 5.64. The first-order valence-corrected chi connectivity index (χ1v) is 5.64. The summed E-state index contributed by atoms with van der Waals surface area (Å²) in [7, 11) is 0. The van der Waals surface area contributed by atoms with Crippen molar-refractivity contribution < 1.29 is 8.78 Å². The zero-order valence-electron chi connectivity index (χ0n) is 10.6. The number of hydrogen-bond acceptors (Lipinski definition) is 0. The average Bonchev–Trinajstić information content (AvgIpc) is 2.24. The summed E-state index contributed by atoms with van der Waals surface area (Å²) in [4.78, 5) is 0. The highest BCUT2D eigenvalue weighted by Gasteiger charge is 2.03. The lowest BCUT2D eigenvalue weighted by molar-refractivity contribution is 0.508. The minimum Gasteiger partial charge on any atom is -0.204 e. The van der Waals surface area contributed by atoms with Crippen LogP contribution in [0.25, 0.3) is 5.57 Å². The maximum absolute atomic E-state index is 12.9. The molecule has 0 fully saturated rings. The van der Waals surface area contributed by atoms with E-state index in [1.807, 2.05) is 40.7 Å². The summed E-state index contributed by atoms with van der Waals surface area (Å²) in [6.07, 6.45) is 2.02. The molecule has 0 amide bonds. The van der Waals surface area contributed by atoms with Crippen LogP contribution in [0.4, 0.5) is 8.78 Å². The highest BCUT2D eigenvalue weighted by atomic mass is 19.2. The highest BCUT2D eigenvalue weighted by Crippen LogP contribution is 2.18. The second kappa shape index (κ2) is 7.15. The minimum absolute atomic E-state index is 0.406. The summed E-state index contributed by atoms with van der Waals surface area (Å²) in [5.74, 6) is -1.19. The van der Waals surface area contributed by atoms with Gasteiger partial charge in [0.1, 0.15) is 0 Å². The molecule has 0 unspecified atom stereocenters. The van der Waals surface area contributed by atoms with E-state index >= 15 is 0 Å². The molecule has 0 atom stereocenters. The van der Waals surface area contributed by atoms with Gasteiger partial charge in [-0.1, -0.05) is 39.8 Å². The molecule has 90 valence electrons. The fourth-order valence-electron chi connectivity index (χ4n) is 1.34. The summed E-state index contributed by atoms with van der Waals surface area (Å²) in [5, 5.41) is 0. The van der Waals surface area contributed by atoms with Gasteiger partial charge in [0.05, 0.1) is 0 Å². The predicted molar refractivity (Wildman–Crippen MR) is 66.2 cm³/mol. The van der Waals surface area contributed by atoms with Crippen LogP contribution in [0, 0.1) is 17.6 Å². The lowest BCUT2D eigenvalue weighted by Crippen LogP contribution is -1.89. The quantitative estimate of drug-likeness (QED) is 0.662. The monoisotopic (exact) mass is 226 g/mol. The van der Waals surface area contributed by atoms with Gasteiger partial charge in [-0.05, 0) is 36.1 Å². The van der Waals surface area contributed by atoms with E-state index in [0.717, 1.165) is 17.2 Å². The first kappa shape index (κ1) is 14.8. The Bertz CT molecular complexity index is 352. The SMILES string of the molecule is C/C(=C\C(C)C)c1ccc(F)c(F)c1.CC. The molecule has 0 aliphatic rings. The van der Waals surface area contributed by atoms with E-state index in [1.54, 1.807) is 6.07 Å². The standard InChI is InChI=1S/C12H14F2.C2H6/c1-8(2)6-9(3)10-4-5-11(13)12(14)7-10;1-2/h4-8H,1-3H3;1-2H3/b9-6+;. The van der Waals surface area contributed by atoms with Crippen LogP contribution in [0.15, 0.2) is 24.3 Å². The Balaban J connectivity index is 0.00000106. The molecule has 1 aromatic rings. The molecule has 0 saturated carbocycles. The van der Waals surface area contributed by atoms with Crippen molar-refractivity contribution in [1.82, 2.24) is 0 Å². The van der Waals surface area contributed by atoms with Crippen LogP contribution >= 0.6 is 0 Å². The average molecular weight is 226 g/mol. The van der Waals surface area contributed by atoms with Gasteiger partial charge in [0.15, 0.2) is 11.6 Å². The molecular weight excluding hydrogens is 206 g/mol. The van der Waals surface area contributed by atoms with Crippen molar-refractivity contribution >= 4 is 5.57 Å². The molecule has 2 heteroatoms. The Kier molecular flexibility index (Phi) is 6.63. The number of allylic oxidation sites excluding steroid dienone is 2. The zero-order valence-corrected chi connectivity index (χ0v) is 10.6. The molecule has 0 bridgehead atoms. The van der Waals surface area contributed by atoms with Gasteiger partial charge in [-0.15, -0.1) is 0 Å². The van der Waals surface area contributed by atoms with Crippen LogP contribution in [-0.4, -0.2) is 0 Å². The molecule has 0 aromatic heterocycles. The fourth-order valence-corrected chi connectivity index (χ4v) is 1.34. The van der Waals surface area contributed by atoms with Crippen LogP contribution in [0.2, 0.25) is 0 Å². The van der Waals surface area contributed by atoms with Crippen molar-refractivity contribution in [3.8, 4) is 0 Å². The summed E-state index contributed by atoms with van der Waals surface area (Å²) >= 11 is 0. The van der Waals surface area contributed by atoms with Gasteiger partial charge in [0.25, 0.3) is 0 Å². The third kappa shape index (κ3) is 4.56. The largest absolute Gasteiger partial charge is 0.204 e. The zero-order chi connectivity index (χ0) is 12.7. The number of benzene rings is 1. The molecule has 0 nitrogen and oxygen atoms in total. The van der Waals surface area contributed by atoms with Crippen LogP contribution in [0.3, 0.4) is 0 Å². The third-order valence-corrected chi connectivity index (χ3v) is 1.96. The minimum atomic E-state index is -0.800. The Morgan fingerprint density at radius 3 is 2.12 bits per heavy atom. The van der Waals surface area contributed by atoms with Crippen molar-refractivity contribution in [2.24, 2.45) is 5.92 Å². The molecular formula is C14H20F2. The molecule has 0 heterocycles. The molecule has 0 saturated heterocycles. The fraction of sp³-hybridized carbons (Fsp3) is 0.429. The summed E-state index contributed by atoms with van der Waals surface area (Å²) in [6.45, 7) is 9.99. The summed E-state index contributed by atoms with van der Waals surface area (Å²) in [5.41, 5.74) is 1.71. The molecule has 1 aromatic carbocycles. The first-order chi connectivity index (χ1) is 7.50. The van der Waals surface area contributed by atoms with Crippen LogP contribution in [0.5, 0.6) is 0 Å². The van der Waals surface area contributed by atoms with Gasteiger partial charge in [0.2, 0.25) is 0 Å². The second-order valence-electron chi connectivity index (χ2n) is 3.72. The maximum atomic E-state index is 12.9. The molecule has 0 N–H and O–H groups in total. The van der Waals surface area contributed by atoms with E-state index in [1.165, 1.54) is 6.07 Å². The Morgan fingerprint density at radius 1 is 1.12 bits per heavy atom.